The first-order chi connectivity index (χ1) is 19.0. The smallest absolute Gasteiger partial charge is 0.333 e. The van der Waals surface area contributed by atoms with E-state index in [2.05, 4.69) is 20.4 Å². The molecule has 0 heterocycles. The Morgan fingerprint density at radius 2 is 1.18 bits per heavy atom. The zero-order chi connectivity index (χ0) is 27.8. The average Bonchev–Trinajstić information content (AvgIpc) is 3.65. The van der Waals surface area contributed by atoms with Crippen LogP contribution in [0.2, 0.25) is 0 Å². The molecule has 8 fully saturated rings. The van der Waals surface area contributed by atoms with Crippen LogP contribution in [-0.4, -0.2) is 49.6 Å². The number of hydrogen-bond acceptors (Lipinski definition) is 6. The summed E-state index contributed by atoms with van der Waals surface area (Å²) in [5, 5.41) is 0. The molecule has 8 rings (SSSR count). The van der Waals surface area contributed by atoms with Gasteiger partial charge < -0.3 is 23.7 Å². The van der Waals surface area contributed by atoms with Crippen molar-refractivity contribution in [3.05, 3.63) is 12.2 Å². The maximum absolute atomic E-state index is 12.8. The summed E-state index contributed by atoms with van der Waals surface area (Å²) < 4.78 is 32.2. The number of ether oxygens (including phenoxy) is 5. The molecule has 0 aromatic rings. The molecule has 0 aromatic heterocycles. The van der Waals surface area contributed by atoms with Crippen molar-refractivity contribution >= 4 is 5.97 Å². The minimum atomic E-state index is -0.567. The molecule has 0 spiro atoms. The molecule has 0 aromatic carbocycles. The van der Waals surface area contributed by atoms with E-state index in [0.29, 0.717) is 48.7 Å². The molecular formula is C34H52O6. The number of rotatable bonds is 12. The highest BCUT2D eigenvalue weighted by Crippen LogP contribution is 2.63. The molecule has 8 unspecified atom stereocenters. The van der Waals surface area contributed by atoms with Crippen molar-refractivity contribution < 1.29 is 28.5 Å². The van der Waals surface area contributed by atoms with Gasteiger partial charge in [-0.15, -0.1) is 0 Å². The van der Waals surface area contributed by atoms with Gasteiger partial charge in [-0.25, -0.2) is 4.79 Å². The SMILES string of the molecule is C=C(C)C(=O)OC12CC3CC(OCOCC4(C)CC5CCC4C5)(CC(OCOCC4(C)CC5CCC4C5)(C3)C1)C2. The minimum Gasteiger partial charge on any atom is -0.455 e. The van der Waals surface area contributed by atoms with Crippen LogP contribution in [0.5, 0.6) is 0 Å². The van der Waals surface area contributed by atoms with Crippen molar-refractivity contribution in [1.82, 2.24) is 0 Å². The number of esters is 1. The van der Waals surface area contributed by atoms with Gasteiger partial charge in [0.1, 0.15) is 19.2 Å². The van der Waals surface area contributed by atoms with Crippen molar-refractivity contribution in [3.63, 3.8) is 0 Å². The van der Waals surface area contributed by atoms with Crippen molar-refractivity contribution in [2.75, 3.05) is 26.8 Å². The summed E-state index contributed by atoms with van der Waals surface area (Å²) in [7, 11) is 0. The summed E-state index contributed by atoms with van der Waals surface area (Å²) in [6.07, 6.45) is 16.0. The Morgan fingerprint density at radius 3 is 1.60 bits per heavy atom. The molecule has 8 aliphatic carbocycles. The monoisotopic (exact) mass is 556 g/mol. The Labute approximate surface area is 241 Å². The van der Waals surface area contributed by atoms with Crippen LogP contribution >= 0.6 is 0 Å². The Hall–Kier alpha value is -0.950. The summed E-state index contributed by atoms with van der Waals surface area (Å²) in [6.45, 7) is 12.6. The first-order valence-corrected chi connectivity index (χ1v) is 16.3. The van der Waals surface area contributed by atoms with Crippen LogP contribution in [0, 0.1) is 40.4 Å². The van der Waals surface area contributed by atoms with E-state index < -0.39 is 5.60 Å². The van der Waals surface area contributed by atoms with Crippen molar-refractivity contribution in [2.24, 2.45) is 40.4 Å². The van der Waals surface area contributed by atoms with Gasteiger partial charge in [0, 0.05) is 24.8 Å². The van der Waals surface area contributed by atoms with Gasteiger partial charge in [0.15, 0.2) is 0 Å². The number of fused-ring (bicyclic) bond motifs is 4. The summed E-state index contributed by atoms with van der Waals surface area (Å²) in [4.78, 5) is 12.8. The second-order valence-electron chi connectivity index (χ2n) is 16.4. The van der Waals surface area contributed by atoms with Crippen LogP contribution in [0.4, 0.5) is 0 Å². The van der Waals surface area contributed by atoms with E-state index in [4.69, 9.17) is 23.7 Å². The van der Waals surface area contributed by atoms with Crippen molar-refractivity contribution in [3.8, 4) is 0 Å². The van der Waals surface area contributed by atoms with Gasteiger partial charge in [-0.05, 0) is 105 Å². The third-order valence-electron chi connectivity index (χ3n) is 12.9. The largest absolute Gasteiger partial charge is 0.455 e. The molecule has 8 bridgehead atoms. The van der Waals surface area contributed by atoms with E-state index in [9.17, 15) is 4.79 Å². The fourth-order valence-corrected chi connectivity index (χ4v) is 11.6. The van der Waals surface area contributed by atoms with E-state index in [0.717, 1.165) is 62.6 Å². The highest BCUT2D eigenvalue weighted by molar-refractivity contribution is 5.87. The van der Waals surface area contributed by atoms with E-state index in [1.807, 2.05) is 0 Å². The van der Waals surface area contributed by atoms with Gasteiger partial charge in [-0.3, -0.25) is 0 Å². The quantitative estimate of drug-likeness (QED) is 0.112. The first-order valence-electron chi connectivity index (χ1n) is 16.3. The lowest BCUT2D eigenvalue weighted by molar-refractivity contribution is -0.310. The normalized spacial score (nSPS) is 49.7. The summed E-state index contributed by atoms with van der Waals surface area (Å²) in [5.74, 6) is 3.52. The lowest BCUT2D eigenvalue weighted by atomic mass is 9.50. The maximum Gasteiger partial charge on any atom is 0.333 e. The second-order valence-corrected chi connectivity index (χ2v) is 16.4. The zero-order valence-corrected chi connectivity index (χ0v) is 25.3. The van der Waals surface area contributed by atoms with Gasteiger partial charge in [0.2, 0.25) is 0 Å². The Balaban J connectivity index is 1.00. The van der Waals surface area contributed by atoms with Crippen LogP contribution < -0.4 is 0 Å². The lowest BCUT2D eigenvalue weighted by Crippen LogP contribution is -2.68. The van der Waals surface area contributed by atoms with E-state index in [1.165, 1.54) is 51.4 Å². The number of hydrogen-bond donors (Lipinski definition) is 0. The van der Waals surface area contributed by atoms with E-state index in [-0.39, 0.29) is 17.2 Å². The van der Waals surface area contributed by atoms with Gasteiger partial charge in [0.05, 0.1) is 24.4 Å². The molecule has 0 aliphatic heterocycles. The summed E-state index contributed by atoms with van der Waals surface area (Å²) in [5.41, 5.74) is -0.304. The Morgan fingerprint density at radius 1 is 0.700 bits per heavy atom. The zero-order valence-electron chi connectivity index (χ0n) is 25.3. The summed E-state index contributed by atoms with van der Waals surface area (Å²) in [6, 6.07) is 0. The molecule has 0 N–H and O–H groups in total. The molecule has 6 heteroatoms. The molecule has 8 aliphatic rings. The van der Waals surface area contributed by atoms with Crippen LogP contribution in [0.1, 0.15) is 111 Å². The molecule has 0 radical (unpaired) electrons. The topological polar surface area (TPSA) is 63.2 Å². The van der Waals surface area contributed by atoms with Crippen LogP contribution in [0.25, 0.3) is 0 Å². The Bertz CT molecular complexity index is 966. The number of carbonyl (C=O) groups is 1. The highest BCUT2D eigenvalue weighted by atomic mass is 16.7. The summed E-state index contributed by atoms with van der Waals surface area (Å²) >= 11 is 0. The van der Waals surface area contributed by atoms with Gasteiger partial charge in [0.25, 0.3) is 0 Å². The van der Waals surface area contributed by atoms with Crippen molar-refractivity contribution in [1.29, 1.82) is 0 Å². The standard InChI is InChI=1S/C34H52O6/c1-23(2)29(35)40-34-15-26-13-32(17-34,38-21-36-19-30(3)11-24-5-7-27(30)9-24)16-33(14-26,18-34)39-22-37-20-31(4)12-25-6-8-28(31)10-25/h24-28H,1,5-22H2,2-4H3. The molecule has 8 atom stereocenters. The van der Waals surface area contributed by atoms with E-state index >= 15 is 0 Å². The van der Waals surface area contributed by atoms with E-state index in [1.54, 1.807) is 6.92 Å². The fraction of sp³-hybridized carbons (Fsp3) is 0.912. The maximum atomic E-state index is 12.8. The molecule has 8 saturated carbocycles. The Kier molecular flexibility index (Phi) is 6.82. The molecule has 0 amide bonds. The van der Waals surface area contributed by atoms with Crippen LogP contribution in [-0.2, 0) is 28.5 Å². The molecule has 40 heavy (non-hydrogen) atoms. The molecule has 0 saturated heterocycles. The van der Waals surface area contributed by atoms with Gasteiger partial charge >= 0.3 is 5.97 Å². The highest BCUT2D eigenvalue weighted by Gasteiger charge is 2.66. The first kappa shape index (κ1) is 27.9. The van der Waals surface area contributed by atoms with Gasteiger partial charge in [-0.2, -0.15) is 0 Å². The molecule has 6 nitrogen and oxygen atoms in total. The third kappa shape index (κ3) is 4.91. The van der Waals surface area contributed by atoms with Crippen molar-refractivity contribution in [2.45, 2.75) is 127 Å². The molecule has 224 valence electrons. The lowest BCUT2D eigenvalue weighted by Gasteiger charge is -2.64. The predicted molar refractivity (Wildman–Crippen MR) is 151 cm³/mol. The fourth-order valence-electron chi connectivity index (χ4n) is 11.6. The van der Waals surface area contributed by atoms with Gasteiger partial charge in [-0.1, -0.05) is 33.3 Å². The third-order valence-corrected chi connectivity index (χ3v) is 12.9. The molecular weight excluding hydrogens is 504 g/mol. The predicted octanol–water partition coefficient (Wildman–Crippen LogP) is 6.95. The van der Waals surface area contributed by atoms with Crippen LogP contribution in [0.3, 0.4) is 0 Å². The average molecular weight is 557 g/mol. The number of carbonyl (C=O) groups excluding carboxylic acids is 1. The minimum absolute atomic E-state index is 0.295. The second kappa shape index (κ2) is 9.79. The van der Waals surface area contributed by atoms with Crippen LogP contribution in [0.15, 0.2) is 12.2 Å².